The number of amides is 2. The number of nitrogens with two attached hydrogens (primary N) is 1. The second kappa shape index (κ2) is 6.78. The summed E-state index contributed by atoms with van der Waals surface area (Å²) in [6.07, 6.45) is 2.97. The first kappa shape index (κ1) is 18.2. The van der Waals surface area contributed by atoms with Crippen LogP contribution < -0.4 is 11.1 Å². The van der Waals surface area contributed by atoms with Crippen molar-refractivity contribution in [1.29, 1.82) is 0 Å². The Labute approximate surface area is 163 Å². The number of benzene rings is 2. The molecule has 6 nitrogen and oxygen atoms in total. The molecule has 1 aliphatic carbocycles. The Morgan fingerprint density at radius 1 is 1.14 bits per heavy atom. The average Bonchev–Trinajstić information content (AvgIpc) is 3.27. The fourth-order valence-corrected chi connectivity index (χ4v) is 4.10. The normalized spacial score (nSPS) is 15.6. The first-order valence-electron chi connectivity index (χ1n) is 9.56. The molecule has 144 valence electrons. The first-order valence-corrected chi connectivity index (χ1v) is 9.56. The van der Waals surface area contributed by atoms with E-state index in [9.17, 15) is 9.59 Å². The fourth-order valence-electron chi connectivity index (χ4n) is 4.10. The predicted molar refractivity (Wildman–Crippen MR) is 109 cm³/mol. The fraction of sp³-hybridized carbons (Fsp3) is 0.318. The molecule has 2 amide bonds. The van der Waals surface area contributed by atoms with Crippen LogP contribution in [0, 0.1) is 6.92 Å². The van der Waals surface area contributed by atoms with Crippen LogP contribution in [0.4, 0.5) is 0 Å². The molecular weight excluding hydrogens is 352 g/mol. The Morgan fingerprint density at radius 2 is 1.89 bits per heavy atom. The molecule has 0 saturated heterocycles. The number of aryl methyl sites for hydroxylation is 2. The maximum atomic E-state index is 12.9. The lowest BCUT2D eigenvalue weighted by Gasteiger charge is -2.26. The highest BCUT2D eigenvalue weighted by Crippen LogP contribution is 2.31. The van der Waals surface area contributed by atoms with Gasteiger partial charge in [0.25, 0.3) is 5.91 Å². The van der Waals surface area contributed by atoms with Crippen molar-refractivity contribution in [2.75, 3.05) is 0 Å². The Morgan fingerprint density at radius 3 is 2.61 bits per heavy atom. The molecule has 0 bridgehead atoms. The van der Waals surface area contributed by atoms with Crippen LogP contribution in [-0.2, 0) is 11.8 Å². The summed E-state index contributed by atoms with van der Waals surface area (Å²) in [6, 6.07) is 13.6. The van der Waals surface area contributed by atoms with Crippen LogP contribution in [0.1, 0.15) is 41.6 Å². The number of rotatable bonds is 4. The van der Waals surface area contributed by atoms with E-state index in [0.717, 1.165) is 40.6 Å². The third kappa shape index (κ3) is 3.05. The molecule has 0 radical (unpaired) electrons. The van der Waals surface area contributed by atoms with Gasteiger partial charge in [-0.2, -0.15) is 5.10 Å². The zero-order chi connectivity index (χ0) is 19.9. The highest BCUT2D eigenvalue weighted by molar-refractivity contribution is 6.01. The summed E-state index contributed by atoms with van der Waals surface area (Å²) in [4.78, 5) is 24.8. The van der Waals surface area contributed by atoms with E-state index >= 15 is 0 Å². The van der Waals surface area contributed by atoms with E-state index in [1.54, 1.807) is 6.07 Å². The largest absolute Gasteiger partial charge is 0.368 e. The number of nitrogens with zero attached hydrogens (tertiary/aromatic N) is 2. The number of primary amides is 1. The molecule has 1 heterocycles. The Bertz CT molecular complexity index is 1080. The first-order chi connectivity index (χ1) is 13.4. The van der Waals surface area contributed by atoms with Gasteiger partial charge in [0.05, 0.1) is 5.52 Å². The number of nitrogens with one attached hydrogen (secondary N) is 1. The SMILES string of the molecule is Cc1ccc2c(c1)c(-c1cccc(C(=O)NC3(C(N)=O)CCCC3)c1)nn2C. The van der Waals surface area contributed by atoms with Crippen molar-refractivity contribution in [3.05, 3.63) is 53.6 Å². The molecule has 0 atom stereocenters. The van der Waals surface area contributed by atoms with E-state index in [2.05, 4.69) is 28.6 Å². The smallest absolute Gasteiger partial charge is 0.252 e. The van der Waals surface area contributed by atoms with Crippen LogP contribution in [-0.4, -0.2) is 27.1 Å². The topological polar surface area (TPSA) is 90.0 Å². The lowest BCUT2D eigenvalue weighted by molar-refractivity contribution is -0.123. The summed E-state index contributed by atoms with van der Waals surface area (Å²) < 4.78 is 1.84. The molecule has 4 rings (SSSR count). The monoisotopic (exact) mass is 376 g/mol. The van der Waals surface area contributed by atoms with Crippen molar-refractivity contribution in [2.24, 2.45) is 12.8 Å². The molecule has 1 fully saturated rings. The van der Waals surface area contributed by atoms with Crippen molar-refractivity contribution in [1.82, 2.24) is 15.1 Å². The van der Waals surface area contributed by atoms with Crippen LogP contribution in [0.15, 0.2) is 42.5 Å². The van der Waals surface area contributed by atoms with Gasteiger partial charge in [0.2, 0.25) is 5.91 Å². The van der Waals surface area contributed by atoms with E-state index < -0.39 is 11.4 Å². The van der Waals surface area contributed by atoms with Crippen LogP contribution in [0.3, 0.4) is 0 Å². The zero-order valence-corrected chi connectivity index (χ0v) is 16.2. The molecular formula is C22H24N4O2. The van der Waals surface area contributed by atoms with Gasteiger partial charge in [-0.05, 0) is 44.0 Å². The molecule has 1 aliphatic rings. The zero-order valence-electron chi connectivity index (χ0n) is 16.2. The van der Waals surface area contributed by atoms with Crippen molar-refractivity contribution in [3.63, 3.8) is 0 Å². The van der Waals surface area contributed by atoms with Crippen molar-refractivity contribution in [2.45, 2.75) is 38.1 Å². The van der Waals surface area contributed by atoms with Gasteiger partial charge in [-0.3, -0.25) is 14.3 Å². The molecule has 1 aromatic heterocycles. The molecule has 1 saturated carbocycles. The van der Waals surface area contributed by atoms with E-state index in [1.165, 1.54) is 0 Å². The number of fused-ring (bicyclic) bond motifs is 1. The second-order valence-electron chi connectivity index (χ2n) is 7.68. The number of aromatic nitrogens is 2. The lowest BCUT2D eigenvalue weighted by Crippen LogP contribution is -2.55. The Kier molecular flexibility index (Phi) is 4.41. The highest BCUT2D eigenvalue weighted by Gasteiger charge is 2.41. The molecule has 6 heteroatoms. The van der Waals surface area contributed by atoms with Gasteiger partial charge in [-0.15, -0.1) is 0 Å². The van der Waals surface area contributed by atoms with Gasteiger partial charge in [-0.25, -0.2) is 0 Å². The Hall–Kier alpha value is -3.15. The average molecular weight is 376 g/mol. The van der Waals surface area contributed by atoms with Crippen molar-refractivity contribution in [3.8, 4) is 11.3 Å². The summed E-state index contributed by atoms with van der Waals surface area (Å²) in [6.45, 7) is 2.05. The summed E-state index contributed by atoms with van der Waals surface area (Å²) in [7, 11) is 1.91. The number of hydrogen-bond donors (Lipinski definition) is 2. The van der Waals surface area contributed by atoms with Crippen LogP contribution in [0.2, 0.25) is 0 Å². The third-order valence-electron chi connectivity index (χ3n) is 5.69. The minimum Gasteiger partial charge on any atom is -0.368 e. The van der Waals surface area contributed by atoms with Crippen molar-refractivity contribution >= 4 is 22.7 Å². The summed E-state index contributed by atoms with van der Waals surface area (Å²) in [5.41, 5.74) is 9.05. The number of hydrogen-bond acceptors (Lipinski definition) is 3. The van der Waals surface area contributed by atoms with Gasteiger partial charge in [0.15, 0.2) is 0 Å². The minimum absolute atomic E-state index is 0.279. The van der Waals surface area contributed by atoms with Crippen molar-refractivity contribution < 1.29 is 9.59 Å². The molecule has 2 aromatic carbocycles. The molecule has 3 aromatic rings. The lowest BCUT2D eigenvalue weighted by atomic mass is 9.95. The van der Waals surface area contributed by atoms with Crippen LogP contribution >= 0.6 is 0 Å². The van der Waals surface area contributed by atoms with Crippen LogP contribution in [0.25, 0.3) is 22.2 Å². The summed E-state index contributed by atoms with van der Waals surface area (Å²) >= 11 is 0. The van der Waals surface area contributed by atoms with E-state index in [-0.39, 0.29) is 5.91 Å². The second-order valence-corrected chi connectivity index (χ2v) is 7.68. The van der Waals surface area contributed by atoms with Gasteiger partial charge >= 0.3 is 0 Å². The minimum atomic E-state index is -0.929. The highest BCUT2D eigenvalue weighted by atomic mass is 16.2. The molecule has 3 N–H and O–H groups in total. The summed E-state index contributed by atoms with van der Waals surface area (Å²) in [5.74, 6) is -0.736. The Balaban J connectivity index is 1.70. The quantitative estimate of drug-likeness (QED) is 0.733. The molecule has 28 heavy (non-hydrogen) atoms. The standard InChI is InChI=1S/C22H24N4O2/c1-14-8-9-18-17(12-14)19(25-26(18)2)15-6-5-7-16(13-15)20(27)24-22(21(23)28)10-3-4-11-22/h5-9,12-13H,3-4,10-11H2,1-2H3,(H2,23,28)(H,24,27). The third-order valence-corrected chi connectivity index (χ3v) is 5.69. The van der Waals surface area contributed by atoms with E-state index in [4.69, 9.17) is 5.73 Å². The number of carbonyl (C=O) groups is 2. The van der Waals surface area contributed by atoms with Gasteiger partial charge in [0, 0.05) is 23.6 Å². The maximum absolute atomic E-state index is 12.9. The number of carbonyl (C=O) groups excluding carboxylic acids is 2. The van der Waals surface area contributed by atoms with E-state index in [1.807, 2.05) is 36.9 Å². The van der Waals surface area contributed by atoms with Gasteiger partial charge < -0.3 is 11.1 Å². The van der Waals surface area contributed by atoms with Gasteiger partial charge in [-0.1, -0.05) is 36.6 Å². The maximum Gasteiger partial charge on any atom is 0.252 e. The molecule has 0 spiro atoms. The van der Waals surface area contributed by atoms with Crippen LogP contribution in [0.5, 0.6) is 0 Å². The molecule has 0 unspecified atom stereocenters. The van der Waals surface area contributed by atoms with Gasteiger partial charge in [0.1, 0.15) is 11.2 Å². The predicted octanol–water partition coefficient (Wildman–Crippen LogP) is 3.08. The molecule has 0 aliphatic heterocycles. The summed E-state index contributed by atoms with van der Waals surface area (Å²) in [5, 5.41) is 8.60. The van der Waals surface area contributed by atoms with E-state index in [0.29, 0.717) is 18.4 Å².